The number of halogens is 2. The highest BCUT2D eigenvalue weighted by molar-refractivity contribution is 7.97. The molecular weight excluding hydrogens is 480 g/mol. The van der Waals surface area contributed by atoms with Crippen LogP contribution in [0.5, 0.6) is 0 Å². The first-order valence-corrected chi connectivity index (χ1v) is 13.5. The second-order valence-corrected chi connectivity index (χ2v) is 10.6. The van der Waals surface area contributed by atoms with Crippen molar-refractivity contribution in [2.24, 2.45) is 11.8 Å². The summed E-state index contributed by atoms with van der Waals surface area (Å²) in [6, 6.07) is 3.98. The summed E-state index contributed by atoms with van der Waals surface area (Å²) < 4.78 is 35.1. The molecule has 2 aromatic heterocycles. The topological polar surface area (TPSA) is 67.1 Å². The van der Waals surface area contributed by atoms with Gasteiger partial charge in [0.1, 0.15) is 23.6 Å². The molecular formula is C27H27F2N5OS. The molecule has 2 aliphatic carbocycles. The molecule has 1 unspecified atom stereocenters. The van der Waals surface area contributed by atoms with Crippen molar-refractivity contribution in [3.8, 4) is 11.6 Å². The molecule has 3 aromatic rings. The van der Waals surface area contributed by atoms with Gasteiger partial charge in [0.15, 0.2) is 0 Å². The molecule has 6 nitrogen and oxygen atoms in total. The Kier molecular flexibility index (Phi) is 5.63. The highest BCUT2D eigenvalue weighted by atomic mass is 32.2. The normalized spacial score (nSPS) is 24.7. The number of rotatable bonds is 6. The maximum absolute atomic E-state index is 14.7. The van der Waals surface area contributed by atoms with Crippen molar-refractivity contribution < 1.29 is 13.2 Å². The second kappa shape index (κ2) is 8.73. The number of thioether (sulfide) groups is 1. The fourth-order valence-electron chi connectivity index (χ4n) is 5.74. The molecule has 0 bridgehead atoms. The molecule has 0 spiro atoms. The van der Waals surface area contributed by atoms with Crippen LogP contribution in [0.1, 0.15) is 43.1 Å². The number of oxazole rings is 1. The molecule has 1 fully saturated rings. The third kappa shape index (κ3) is 3.63. The third-order valence-electron chi connectivity index (χ3n) is 7.64. The lowest BCUT2D eigenvalue weighted by Crippen LogP contribution is -2.47. The number of allylic oxidation sites excluding steroid dienone is 3. The van der Waals surface area contributed by atoms with Gasteiger partial charge >= 0.3 is 0 Å². The zero-order valence-corrected chi connectivity index (χ0v) is 21.2. The van der Waals surface area contributed by atoms with Crippen molar-refractivity contribution in [2.45, 2.75) is 37.4 Å². The quantitative estimate of drug-likeness (QED) is 0.459. The average Bonchev–Trinajstić information content (AvgIpc) is 3.50. The van der Waals surface area contributed by atoms with E-state index in [2.05, 4.69) is 22.3 Å². The maximum atomic E-state index is 14.7. The van der Waals surface area contributed by atoms with E-state index in [4.69, 9.17) is 9.40 Å². The molecule has 186 valence electrons. The highest BCUT2D eigenvalue weighted by Crippen LogP contribution is 2.60. The Balaban J connectivity index is 1.46. The summed E-state index contributed by atoms with van der Waals surface area (Å²) >= 11 is 1.68. The van der Waals surface area contributed by atoms with Crippen LogP contribution in [0, 0.1) is 23.5 Å². The van der Waals surface area contributed by atoms with E-state index >= 15 is 0 Å². The number of aromatic nitrogens is 3. The molecule has 0 saturated heterocycles. The van der Waals surface area contributed by atoms with Gasteiger partial charge in [-0.2, -0.15) is 11.8 Å². The van der Waals surface area contributed by atoms with Crippen molar-refractivity contribution in [2.75, 3.05) is 13.3 Å². The Labute approximate surface area is 212 Å². The van der Waals surface area contributed by atoms with E-state index in [0.717, 1.165) is 47.7 Å². The van der Waals surface area contributed by atoms with Crippen LogP contribution in [0.15, 0.2) is 58.6 Å². The van der Waals surface area contributed by atoms with Crippen molar-refractivity contribution >= 4 is 17.5 Å². The van der Waals surface area contributed by atoms with Gasteiger partial charge in [-0.25, -0.2) is 18.7 Å². The van der Waals surface area contributed by atoms with E-state index in [0.29, 0.717) is 29.1 Å². The van der Waals surface area contributed by atoms with Crippen LogP contribution >= 0.6 is 11.8 Å². The zero-order valence-electron chi connectivity index (χ0n) is 20.4. The second-order valence-electron chi connectivity index (χ2n) is 9.74. The number of hydrazine groups is 1. The van der Waals surface area contributed by atoms with E-state index in [1.54, 1.807) is 36.3 Å². The lowest BCUT2D eigenvalue weighted by atomic mass is 9.68. The van der Waals surface area contributed by atoms with Crippen LogP contribution in [0.25, 0.3) is 17.3 Å². The predicted molar refractivity (Wildman–Crippen MR) is 135 cm³/mol. The minimum Gasteiger partial charge on any atom is -0.443 e. The smallest absolute Gasteiger partial charge is 0.246 e. The van der Waals surface area contributed by atoms with Crippen LogP contribution in [-0.4, -0.2) is 33.3 Å². The number of hydrogen-bond acceptors (Lipinski definition) is 7. The first-order valence-electron chi connectivity index (χ1n) is 12.1. The molecule has 3 aliphatic rings. The van der Waals surface area contributed by atoms with Crippen molar-refractivity contribution in [3.05, 3.63) is 82.8 Å². The Bertz CT molecular complexity index is 1380. The van der Waals surface area contributed by atoms with Gasteiger partial charge in [-0.05, 0) is 61.1 Å². The lowest BCUT2D eigenvalue weighted by molar-refractivity contribution is 0.281. The molecule has 1 N–H and O–H groups in total. The molecule has 3 heterocycles. The van der Waals surface area contributed by atoms with Crippen LogP contribution in [0.4, 0.5) is 8.78 Å². The molecule has 36 heavy (non-hydrogen) atoms. The molecule has 3 atom stereocenters. The fraction of sp³-hybridized carbons (Fsp3) is 0.370. The number of nitrogens with zero attached hydrogens (tertiary/aromatic N) is 4. The van der Waals surface area contributed by atoms with Gasteiger partial charge in [-0.1, -0.05) is 13.0 Å². The Morgan fingerprint density at radius 1 is 1.22 bits per heavy atom. The lowest BCUT2D eigenvalue weighted by Gasteiger charge is -2.44. The summed E-state index contributed by atoms with van der Waals surface area (Å²) in [5.74, 6) is 0.950. The summed E-state index contributed by atoms with van der Waals surface area (Å²) in [5.41, 5.74) is 8.02. The number of fused-ring (bicyclic) bond motifs is 2. The standard InChI is InChI=1S/C27H27F2N5OS/c1-4-27(23-12-30-11-21(32-23)26-31-16(13-35-26)14-36-3)10-15-8-17(15)18-9-22(34(2)33-25(18)27)24-19(28)6-5-7-20(24)29/h5-7,9,11-13,15,17,33H,4,8,10,14H2,1-3H3/t15?,17-,27+/m0/s1. The summed E-state index contributed by atoms with van der Waals surface area (Å²) in [5, 5.41) is 1.72. The minimum atomic E-state index is -0.575. The van der Waals surface area contributed by atoms with Gasteiger partial charge in [0.25, 0.3) is 0 Å². The molecule has 0 radical (unpaired) electrons. The van der Waals surface area contributed by atoms with Gasteiger partial charge in [0.05, 0.1) is 34.3 Å². The van der Waals surface area contributed by atoms with Crippen LogP contribution in [-0.2, 0) is 11.2 Å². The van der Waals surface area contributed by atoms with Gasteiger partial charge in [0, 0.05) is 24.7 Å². The Morgan fingerprint density at radius 2 is 2.03 bits per heavy atom. The zero-order chi connectivity index (χ0) is 25.0. The van der Waals surface area contributed by atoms with Crippen molar-refractivity contribution in [1.82, 2.24) is 25.4 Å². The average molecular weight is 508 g/mol. The van der Waals surface area contributed by atoms with E-state index in [9.17, 15) is 8.78 Å². The largest absolute Gasteiger partial charge is 0.443 e. The van der Waals surface area contributed by atoms with Crippen molar-refractivity contribution in [1.29, 1.82) is 0 Å². The third-order valence-corrected chi connectivity index (χ3v) is 8.23. The van der Waals surface area contributed by atoms with Crippen LogP contribution in [0.3, 0.4) is 0 Å². The molecule has 9 heteroatoms. The molecule has 1 aliphatic heterocycles. The SMILES string of the molecule is CC[C@]1(c2cncc(-c3nc(CSC)co3)n2)CC2C[C@@H]2C2=C1NN(C)C(c1c(F)cccc1F)=C2. The molecule has 6 rings (SSSR count). The first-order chi connectivity index (χ1) is 17.4. The summed E-state index contributed by atoms with van der Waals surface area (Å²) in [6.07, 6.45) is 11.9. The number of hydrogen-bond donors (Lipinski definition) is 1. The van der Waals surface area contributed by atoms with Crippen molar-refractivity contribution in [3.63, 3.8) is 0 Å². The van der Waals surface area contributed by atoms with E-state index < -0.39 is 17.0 Å². The highest BCUT2D eigenvalue weighted by Gasteiger charge is 2.55. The maximum Gasteiger partial charge on any atom is 0.246 e. The van der Waals surface area contributed by atoms with E-state index in [1.807, 2.05) is 18.5 Å². The molecule has 1 saturated carbocycles. The Hall–Kier alpha value is -3.20. The number of nitrogens with one attached hydrogen (secondary N) is 1. The van der Waals surface area contributed by atoms with E-state index in [-0.39, 0.29) is 5.56 Å². The minimum absolute atomic E-state index is 0.0179. The first kappa shape index (κ1) is 23.2. The summed E-state index contributed by atoms with van der Waals surface area (Å²) in [4.78, 5) is 14.1. The van der Waals surface area contributed by atoms with Gasteiger partial charge in [0.2, 0.25) is 5.89 Å². The van der Waals surface area contributed by atoms with Gasteiger partial charge in [-0.15, -0.1) is 0 Å². The predicted octanol–water partition coefficient (Wildman–Crippen LogP) is 5.71. The number of benzene rings is 1. The summed E-state index contributed by atoms with van der Waals surface area (Å²) in [6.45, 7) is 2.15. The molecule has 1 aromatic carbocycles. The van der Waals surface area contributed by atoms with Crippen LogP contribution < -0.4 is 5.43 Å². The monoisotopic (exact) mass is 507 g/mol. The Morgan fingerprint density at radius 3 is 2.78 bits per heavy atom. The van der Waals surface area contributed by atoms with Gasteiger partial charge in [-0.3, -0.25) is 9.99 Å². The molecule has 0 amide bonds. The van der Waals surface area contributed by atoms with Crippen LogP contribution in [0.2, 0.25) is 0 Å². The van der Waals surface area contributed by atoms with E-state index in [1.165, 1.54) is 18.2 Å². The summed E-state index contributed by atoms with van der Waals surface area (Å²) in [7, 11) is 1.79. The fourth-order valence-corrected chi connectivity index (χ4v) is 6.17. The van der Waals surface area contributed by atoms with Gasteiger partial charge < -0.3 is 9.84 Å².